The van der Waals surface area contributed by atoms with Gasteiger partial charge in [-0.2, -0.15) is 0 Å². The van der Waals surface area contributed by atoms with Gasteiger partial charge in [-0.15, -0.1) is 12.4 Å². The maximum Gasteiger partial charge on any atom is 0.239 e. The number of amides is 2. The molecule has 4 N–H and O–H groups in total. The molecule has 2 rings (SSSR count). The van der Waals surface area contributed by atoms with E-state index in [1.165, 1.54) is 12.0 Å². The number of benzene rings is 1. The van der Waals surface area contributed by atoms with Crippen molar-refractivity contribution in [3.8, 4) is 0 Å². The van der Waals surface area contributed by atoms with Crippen molar-refractivity contribution in [3.63, 3.8) is 0 Å². The van der Waals surface area contributed by atoms with Crippen molar-refractivity contribution in [2.45, 2.75) is 37.5 Å². The van der Waals surface area contributed by atoms with Crippen LogP contribution in [0.4, 0.5) is 0 Å². The molecule has 0 atom stereocenters. The zero-order valence-corrected chi connectivity index (χ0v) is 15.2. The SMILES string of the molecule is Cl.NCC(=O)NCC(=O)NCC1(c2ccc(Cl)cc2)CCCCC1. The summed E-state index contributed by atoms with van der Waals surface area (Å²) >= 11 is 5.99. The van der Waals surface area contributed by atoms with Crippen molar-refractivity contribution in [1.82, 2.24) is 10.6 Å². The molecule has 24 heavy (non-hydrogen) atoms. The molecular weight excluding hydrogens is 349 g/mol. The minimum atomic E-state index is -0.328. The van der Waals surface area contributed by atoms with Crippen molar-refractivity contribution < 1.29 is 9.59 Å². The van der Waals surface area contributed by atoms with Crippen LogP contribution in [0.1, 0.15) is 37.7 Å². The van der Waals surface area contributed by atoms with Crippen molar-refractivity contribution in [2.24, 2.45) is 5.73 Å². The normalized spacial score (nSPS) is 15.9. The van der Waals surface area contributed by atoms with Crippen LogP contribution in [0.15, 0.2) is 24.3 Å². The number of carbonyl (C=O) groups is 2. The molecule has 0 unspecified atom stereocenters. The summed E-state index contributed by atoms with van der Waals surface area (Å²) in [6.45, 7) is 0.431. The van der Waals surface area contributed by atoms with Gasteiger partial charge in [0.25, 0.3) is 0 Å². The van der Waals surface area contributed by atoms with Gasteiger partial charge in [0.1, 0.15) is 0 Å². The molecule has 0 saturated heterocycles. The van der Waals surface area contributed by atoms with Gasteiger partial charge in [0.05, 0.1) is 13.1 Å². The number of nitrogens with two attached hydrogens (primary N) is 1. The summed E-state index contributed by atoms with van der Waals surface area (Å²) in [6.07, 6.45) is 5.63. The molecule has 134 valence electrons. The predicted molar refractivity (Wildman–Crippen MR) is 98.5 cm³/mol. The standard InChI is InChI=1S/C17H24ClN3O2.ClH/c18-14-6-4-13(5-7-14)17(8-2-1-3-9-17)12-21-16(23)11-20-15(22)10-19;/h4-7H,1-3,8-12,19H2,(H,20,22)(H,21,23);1H. The summed E-state index contributed by atoms with van der Waals surface area (Å²) in [5, 5.41) is 6.16. The summed E-state index contributed by atoms with van der Waals surface area (Å²) in [5.41, 5.74) is 6.37. The lowest BCUT2D eigenvalue weighted by molar-refractivity contribution is -0.125. The van der Waals surface area contributed by atoms with E-state index >= 15 is 0 Å². The molecule has 0 spiro atoms. The van der Waals surface area contributed by atoms with Crippen LogP contribution < -0.4 is 16.4 Å². The van der Waals surface area contributed by atoms with E-state index in [-0.39, 0.29) is 42.7 Å². The van der Waals surface area contributed by atoms with Crippen LogP contribution in [0.25, 0.3) is 0 Å². The Balaban J connectivity index is 0.00000288. The van der Waals surface area contributed by atoms with Gasteiger partial charge in [0.2, 0.25) is 11.8 Å². The highest BCUT2D eigenvalue weighted by Crippen LogP contribution is 2.39. The second kappa shape index (κ2) is 9.87. The molecule has 2 amide bonds. The highest BCUT2D eigenvalue weighted by molar-refractivity contribution is 6.30. The maximum absolute atomic E-state index is 11.9. The van der Waals surface area contributed by atoms with Gasteiger partial charge in [-0.05, 0) is 30.5 Å². The number of nitrogens with one attached hydrogen (secondary N) is 2. The summed E-state index contributed by atoms with van der Waals surface area (Å²) in [4.78, 5) is 23.1. The summed E-state index contributed by atoms with van der Waals surface area (Å²) in [7, 11) is 0. The van der Waals surface area contributed by atoms with E-state index in [4.69, 9.17) is 17.3 Å². The lowest BCUT2D eigenvalue weighted by Crippen LogP contribution is -2.46. The Kier molecular flexibility index (Phi) is 8.53. The van der Waals surface area contributed by atoms with Crippen LogP contribution >= 0.6 is 24.0 Å². The highest BCUT2D eigenvalue weighted by Gasteiger charge is 2.34. The minimum Gasteiger partial charge on any atom is -0.354 e. The molecule has 0 aliphatic heterocycles. The molecule has 1 fully saturated rings. The van der Waals surface area contributed by atoms with Crippen LogP contribution in [-0.4, -0.2) is 31.4 Å². The van der Waals surface area contributed by atoms with Gasteiger partial charge in [-0.25, -0.2) is 0 Å². The van der Waals surface area contributed by atoms with E-state index in [2.05, 4.69) is 22.8 Å². The first-order chi connectivity index (χ1) is 11.1. The van der Waals surface area contributed by atoms with E-state index in [0.29, 0.717) is 11.6 Å². The third-order valence-electron chi connectivity index (χ3n) is 4.52. The van der Waals surface area contributed by atoms with Crippen LogP contribution in [-0.2, 0) is 15.0 Å². The number of carbonyl (C=O) groups excluding carboxylic acids is 2. The molecule has 0 aromatic heterocycles. The molecule has 0 radical (unpaired) electrons. The second-order valence-electron chi connectivity index (χ2n) is 6.11. The van der Waals surface area contributed by atoms with E-state index in [9.17, 15) is 9.59 Å². The lowest BCUT2D eigenvalue weighted by atomic mass is 9.69. The van der Waals surface area contributed by atoms with Crippen LogP contribution in [0.3, 0.4) is 0 Å². The average Bonchev–Trinajstić information content (AvgIpc) is 2.59. The van der Waals surface area contributed by atoms with Crippen molar-refractivity contribution in [3.05, 3.63) is 34.9 Å². The van der Waals surface area contributed by atoms with Gasteiger partial charge in [-0.1, -0.05) is 43.0 Å². The van der Waals surface area contributed by atoms with E-state index in [1.807, 2.05) is 12.1 Å². The lowest BCUT2D eigenvalue weighted by Gasteiger charge is -2.38. The molecule has 1 aromatic rings. The number of hydrogen-bond donors (Lipinski definition) is 3. The first-order valence-corrected chi connectivity index (χ1v) is 8.43. The van der Waals surface area contributed by atoms with E-state index in [1.54, 1.807) is 0 Å². The number of halogens is 2. The fraction of sp³-hybridized carbons (Fsp3) is 0.529. The van der Waals surface area contributed by atoms with Crippen molar-refractivity contribution >= 4 is 35.8 Å². The van der Waals surface area contributed by atoms with Gasteiger partial charge in [-0.3, -0.25) is 9.59 Å². The van der Waals surface area contributed by atoms with Gasteiger partial charge in [0, 0.05) is 17.0 Å². The average molecular weight is 374 g/mol. The van der Waals surface area contributed by atoms with Crippen LogP contribution in [0.5, 0.6) is 0 Å². The number of hydrogen-bond acceptors (Lipinski definition) is 3. The Morgan fingerprint density at radius 2 is 1.67 bits per heavy atom. The quantitative estimate of drug-likeness (QED) is 0.714. The zero-order chi connectivity index (χ0) is 16.7. The number of rotatable bonds is 6. The van der Waals surface area contributed by atoms with Crippen molar-refractivity contribution in [2.75, 3.05) is 19.6 Å². The third-order valence-corrected chi connectivity index (χ3v) is 4.77. The zero-order valence-electron chi connectivity index (χ0n) is 13.6. The highest BCUT2D eigenvalue weighted by atomic mass is 35.5. The Hall–Kier alpha value is -1.30. The molecule has 0 heterocycles. The minimum absolute atomic E-state index is 0. The maximum atomic E-state index is 11.9. The van der Waals surface area contributed by atoms with Gasteiger partial charge < -0.3 is 16.4 Å². The molecular formula is C17H25Cl2N3O2. The monoisotopic (exact) mass is 373 g/mol. The fourth-order valence-corrected chi connectivity index (χ4v) is 3.31. The molecule has 5 nitrogen and oxygen atoms in total. The smallest absolute Gasteiger partial charge is 0.239 e. The Morgan fingerprint density at radius 1 is 1.04 bits per heavy atom. The van der Waals surface area contributed by atoms with Crippen LogP contribution in [0.2, 0.25) is 5.02 Å². The molecule has 7 heteroatoms. The van der Waals surface area contributed by atoms with Crippen LogP contribution in [0, 0.1) is 0 Å². The topological polar surface area (TPSA) is 84.2 Å². The largest absolute Gasteiger partial charge is 0.354 e. The molecule has 1 aromatic carbocycles. The molecule has 1 saturated carbocycles. The Labute approximate surface area is 154 Å². The molecule has 1 aliphatic carbocycles. The van der Waals surface area contributed by atoms with Crippen molar-refractivity contribution in [1.29, 1.82) is 0 Å². The summed E-state index contributed by atoms with van der Waals surface area (Å²) < 4.78 is 0. The molecule has 1 aliphatic rings. The van der Waals surface area contributed by atoms with Gasteiger partial charge in [0.15, 0.2) is 0 Å². The first kappa shape index (κ1) is 20.7. The second-order valence-corrected chi connectivity index (χ2v) is 6.54. The van der Waals surface area contributed by atoms with E-state index in [0.717, 1.165) is 25.7 Å². The molecule has 0 bridgehead atoms. The summed E-state index contributed by atoms with van der Waals surface area (Å²) in [5.74, 6) is -0.518. The summed E-state index contributed by atoms with van der Waals surface area (Å²) in [6, 6.07) is 7.90. The Morgan fingerprint density at radius 3 is 2.25 bits per heavy atom. The first-order valence-electron chi connectivity index (χ1n) is 8.05. The van der Waals surface area contributed by atoms with E-state index < -0.39 is 0 Å². The third kappa shape index (κ3) is 5.65. The fourth-order valence-electron chi connectivity index (χ4n) is 3.18. The predicted octanol–water partition coefficient (Wildman–Crippen LogP) is 2.15. The Bertz CT molecular complexity index is 543. The van der Waals surface area contributed by atoms with Gasteiger partial charge >= 0.3 is 0 Å².